The van der Waals surface area contributed by atoms with Crippen molar-refractivity contribution >= 4 is 5.78 Å². The molecule has 13 heavy (non-hydrogen) atoms. The molecule has 0 amide bonds. The first-order chi connectivity index (χ1) is 6.07. The molecular weight excluding hydrogens is 168 g/mol. The molecule has 1 unspecified atom stereocenters. The van der Waals surface area contributed by atoms with E-state index >= 15 is 0 Å². The van der Waals surface area contributed by atoms with Crippen molar-refractivity contribution < 1.29 is 15.0 Å². The summed E-state index contributed by atoms with van der Waals surface area (Å²) in [6, 6.07) is 0. The molecule has 0 aromatic heterocycles. The molecule has 0 aliphatic heterocycles. The van der Waals surface area contributed by atoms with E-state index in [1.54, 1.807) is 0 Å². The molecule has 3 nitrogen and oxygen atoms in total. The minimum atomic E-state index is -0.496. The summed E-state index contributed by atoms with van der Waals surface area (Å²) in [7, 11) is 0. The molecular formula is C10H18O3. The van der Waals surface area contributed by atoms with E-state index in [4.69, 9.17) is 5.11 Å². The largest absolute Gasteiger partial charge is 0.396 e. The summed E-state index contributed by atoms with van der Waals surface area (Å²) in [4.78, 5) is 11.3. The van der Waals surface area contributed by atoms with Crippen LogP contribution in [0.3, 0.4) is 0 Å². The smallest absolute Gasteiger partial charge is 0.138 e. The normalized spacial score (nSPS) is 36.6. The van der Waals surface area contributed by atoms with Gasteiger partial charge in [0, 0.05) is 18.9 Å². The minimum absolute atomic E-state index is 0.0413. The quantitative estimate of drug-likeness (QED) is 0.678. The average molecular weight is 186 g/mol. The van der Waals surface area contributed by atoms with Crippen molar-refractivity contribution in [2.75, 3.05) is 6.61 Å². The lowest BCUT2D eigenvalue weighted by molar-refractivity contribution is -0.121. The maximum absolute atomic E-state index is 11.3. The topological polar surface area (TPSA) is 57.5 Å². The van der Waals surface area contributed by atoms with E-state index in [1.165, 1.54) is 0 Å². The van der Waals surface area contributed by atoms with Gasteiger partial charge in [0.1, 0.15) is 5.78 Å². The van der Waals surface area contributed by atoms with Gasteiger partial charge < -0.3 is 10.2 Å². The van der Waals surface area contributed by atoms with Crippen LogP contribution in [0.2, 0.25) is 0 Å². The van der Waals surface area contributed by atoms with Gasteiger partial charge in [-0.25, -0.2) is 0 Å². The van der Waals surface area contributed by atoms with Crippen LogP contribution in [0.25, 0.3) is 0 Å². The van der Waals surface area contributed by atoms with Crippen molar-refractivity contribution in [2.45, 2.75) is 32.8 Å². The van der Waals surface area contributed by atoms with Gasteiger partial charge in [0.25, 0.3) is 0 Å². The highest BCUT2D eigenvalue weighted by Crippen LogP contribution is 2.35. The zero-order chi connectivity index (χ0) is 10.0. The van der Waals surface area contributed by atoms with E-state index in [1.807, 2.05) is 13.8 Å². The highest BCUT2D eigenvalue weighted by molar-refractivity contribution is 5.83. The second-order valence-electron chi connectivity index (χ2n) is 4.09. The lowest BCUT2D eigenvalue weighted by Gasteiger charge is -2.24. The third kappa shape index (κ3) is 2.09. The molecule has 3 heteroatoms. The van der Waals surface area contributed by atoms with Crippen LogP contribution >= 0.6 is 0 Å². The molecule has 1 aliphatic rings. The molecule has 0 aromatic carbocycles. The van der Waals surface area contributed by atoms with Crippen molar-refractivity contribution in [3.8, 4) is 0 Å². The van der Waals surface area contributed by atoms with Crippen molar-refractivity contribution in [2.24, 2.45) is 17.8 Å². The summed E-state index contributed by atoms with van der Waals surface area (Å²) in [5.41, 5.74) is 0. The molecule has 0 aromatic rings. The number of aliphatic hydroxyl groups is 2. The Labute approximate surface area is 78.8 Å². The first kappa shape index (κ1) is 10.7. The SMILES string of the molecule is C[C@H](CCO)[C@H]1C(O)CC(=O)[C@@H]1C. The molecule has 0 bridgehead atoms. The summed E-state index contributed by atoms with van der Waals surface area (Å²) in [6.45, 7) is 3.99. The van der Waals surface area contributed by atoms with E-state index in [2.05, 4.69) is 0 Å². The zero-order valence-corrected chi connectivity index (χ0v) is 8.23. The molecule has 1 saturated carbocycles. The Kier molecular flexibility index (Phi) is 3.45. The highest BCUT2D eigenvalue weighted by atomic mass is 16.3. The van der Waals surface area contributed by atoms with E-state index in [-0.39, 0.29) is 30.1 Å². The maximum atomic E-state index is 11.3. The van der Waals surface area contributed by atoms with Gasteiger partial charge in [0.15, 0.2) is 0 Å². The summed E-state index contributed by atoms with van der Waals surface area (Å²) >= 11 is 0. The first-order valence-corrected chi connectivity index (χ1v) is 4.89. The van der Waals surface area contributed by atoms with E-state index in [0.29, 0.717) is 12.8 Å². The van der Waals surface area contributed by atoms with E-state index < -0.39 is 6.10 Å². The number of carbonyl (C=O) groups is 1. The zero-order valence-electron chi connectivity index (χ0n) is 8.23. The molecule has 1 aliphatic carbocycles. The Balaban J connectivity index is 2.62. The highest BCUT2D eigenvalue weighted by Gasteiger charge is 2.41. The fraction of sp³-hybridized carbons (Fsp3) is 0.900. The molecule has 0 heterocycles. The van der Waals surface area contributed by atoms with Gasteiger partial charge in [-0.3, -0.25) is 4.79 Å². The third-order valence-electron chi connectivity index (χ3n) is 3.18. The predicted molar refractivity (Wildman–Crippen MR) is 49.2 cm³/mol. The number of hydrogen-bond donors (Lipinski definition) is 2. The van der Waals surface area contributed by atoms with E-state index in [0.717, 1.165) is 0 Å². The van der Waals surface area contributed by atoms with Crippen LogP contribution in [0.15, 0.2) is 0 Å². The average Bonchev–Trinajstić information content (AvgIpc) is 2.27. The Hall–Kier alpha value is -0.410. The van der Waals surface area contributed by atoms with Crippen LogP contribution in [0.5, 0.6) is 0 Å². The first-order valence-electron chi connectivity index (χ1n) is 4.89. The lowest BCUT2D eigenvalue weighted by Crippen LogP contribution is -2.26. The molecule has 1 fully saturated rings. The number of ketones is 1. The number of Topliss-reactive ketones (excluding diaryl/α,β-unsaturated/α-hetero) is 1. The second kappa shape index (κ2) is 4.20. The number of hydrogen-bond acceptors (Lipinski definition) is 3. The van der Waals surface area contributed by atoms with Crippen molar-refractivity contribution in [3.63, 3.8) is 0 Å². The van der Waals surface area contributed by atoms with Gasteiger partial charge in [0.2, 0.25) is 0 Å². The standard InChI is InChI=1S/C10H18O3/c1-6(3-4-11)10-7(2)8(12)5-9(10)13/h6-7,9-11,13H,3-5H2,1-2H3/t6-,7+,9?,10-/m1/s1. The lowest BCUT2D eigenvalue weighted by atomic mass is 9.83. The van der Waals surface area contributed by atoms with Crippen LogP contribution in [0.1, 0.15) is 26.7 Å². The number of aliphatic hydroxyl groups excluding tert-OH is 2. The molecule has 0 saturated heterocycles. The van der Waals surface area contributed by atoms with Gasteiger partial charge in [0.05, 0.1) is 6.10 Å². The summed E-state index contributed by atoms with van der Waals surface area (Å²) in [6.07, 6.45) is 0.463. The van der Waals surface area contributed by atoms with Crippen LogP contribution in [-0.2, 0) is 4.79 Å². The van der Waals surface area contributed by atoms with Crippen LogP contribution < -0.4 is 0 Å². The monoisotopic (exact) mass is 186 g/mol. The summed E-state index contributed by atoms with van der Waals surface area (Å²) < 4.78 is 0. The van der Waals surface area contributed by atoms with Crippen molar-refractivity contribution in [1.29, 1.82) is 0 Å². The Morgan fingerprint density at radius 2 is 2.23 bits per heavy atom. The Bertz CT molecular complexity index is 191. The second-order valence-corrected chi connectivity index (χ2v) is 4.09. The molecule has 1 rings (SSSR count). The Morgan fingerprint density at radius 3 is 2.62 bits per heavy atom. The fourth-order valence-electron chi connectivity index (χ4n) is 2.34. The maximum Gasteiger partial charge on any atom is 0.138 e. The number of rotatable bonds is 3. The van der Waals surface area contributed by atoms with Crippen molar-refractivity contribution in [3.05, 3.63) is 0 Å². The number of carbonyl (C=O) groups excluding carboxylic acids is 1. The van der Waals surface area contributed by atoms with Crippen LogP contribution in [0.4, 0.5) is 0 Å². The fourth-order valence-corrected chi connectivity index (χ4v) is 2.34. The van der Waals surface area contributed by atoms with Gasteiger partial charge >= 0.3 is 0 Å². The molecule has 76 valence electrons. The van der Waals surface area contributed by atoms with Crippen molar-refractivity contribution in [1.82, 2.24) is 0 Å². The van der Waals surface area contributed by atoms with Crippen LogP contribution in [-0.4, -0.2) is 28.7 Å². The summed E-state index contributed by atoms with van der Waals surface area (Å²) in [5, 5.41) is 18.4. The summed E-state index contributed by atoms with van der Waals surface area (Å²) in [5.74, 6) is 0.375. The minimum Gasteiger partial charge on any atom is -0.396 e. The predicted octanol–water partition coefficient (Wildman–Crippen LogP) is 0.591. The molecule has 2 N–H and O–H groups in total. The van der Waals surface area contributed by atoms with E-state index in [9.17, 15) is 9.90 Å². The molecule has 0 radical (unpaired) electrons. The van der Waals surface area contributed by atoms with Gasteiger partial charge in [-0.2, -0.15) is 0 Å². The van der Waals surface area contributed by atoms with Crippen LogP contribution in [0, 0.1) is 17.8 Å². The molecule has 4 atom stereocenters. The Morgan fingerprint density at radius 1 is 1.62 bits per heavy atom. The molecule has 0 spiro atoms. The van der Waals surface area contributed by atoms with Gasteiger partial charge in [-0.05, 0) is 18.3 Å². The third-order valence-corrected chi connectivity index (χ3v) is 3.18. The van der Waals surface area contributed by atoms with Gasteiger partial charge in [-0.15, -0.1) is 0 Å². The van der Waals surface area contributed by atoms with Gasteiger partial charge in [-0.1, -0.05) is 13.8 Å².